The summed E-state index contributed by atoms with van der Waals surface area (Å²) in [5.74, 6) is 0.912. The van der Waals surface area contributed by atoms with E-state index in [0.717, 1.165) is 19.0 Å². The van der Waals surface area contributed by atoms with E-state index in [4.69, 9.17) is 9.73 Å². The molecule has 1 saturated carbocycles. The third-order valence-corrected chi connectivity index (χ3v) is 3.57. The van der Waals surface area contributed by atoms with Crippen molar-refractivity contribution in [1.29, 1.82) is 0 Å². The second kappa shape index (κ2) is 7.62. The van der Waals surface area contributed by atoms with Crippen molar-refractivity contribution in [3.63, 3.8) is 0 Å². The second-order valence-electron chi connectivity index (χ2n) is 5.71. The largest absolute Gasteiger partial charge is 0.383 e. The van der Waals surface area contributed by atoms with Gasteiger partial charge in [-0.05, 0) is 32.1 Å². The van der Waals surface area contributed by atoms with E-state index in [1.54, 1.807) is 7.11 Å². The van der Waals surface area contributed by atoms with Gasteiger partial charge < -0.3 is 15.4 Å². The number of guanidine groups is 1. The highest BCUT2D eigenvalue weighted by Gasteiger charge is 2.28. The summed E-state index contributed by atoms with van der Waals surface area (Å²) in [5.41, 5.74) is 0.410. The molecule has 4 heteroatoms. The molecule has 0 saturated heterocycles. The molecular formula is C14H29N3O. The first-order chi connectivity index (χ1) is 8.59. The van der Waals surface area contributed by atoms with Gasteiger partial charge in [-0.25, -0.2) is 0 Å². The fourth-order valence-corrected chi connectivity index (χ4v) is 2.50. The number of hydrogen-bond acceptors (Lipinski definition) is 2. The molecule has 0 aliphatic heterocycles. The molecule has 0 amide bonds. The quantitative estimate of drug-likeness (QED) is 0.565. The Hall–Kier alpha value is -0.770. The van der Waals surface area contributed by atoms with Gasteiger partial charge in [0, 0.05) is 26.2 Å². The lowest BCUT2D eigenvalue weighted by molar-refractivity contribution is 0.179. The van der Waals surface area contributed by atoms with Crippen molar-refractivity contribution in [2.75, 3.05) is 26.8 Å². The van der Waals surface area contributed by atoms with Gasteiger partial charge in [0.2, 0.25) is 0 Å². The van der Waals surface area contributed by atoms with Crippen LogP contribution in [0.1, 0.15) is 46.5 Å². The van der Waals surface area contributed by atoms with E-state index in [2.05, 4.69) is 31.4 Å². The minimum absolute atomic E-state index is 0.282. The first-order valence-electron chi connectivity index (χ1n) is 7.13. The molecule has 0 bridgehead atoms. The number of methoxy groups -OCH3 is 1. The molecule has 1 unspecified atom stereocenters. The molecule has 1 fully saturated rings. The minimum Gasteiger partial charge on any atom is -0.383 e. The van der Waals surface area contributed by atoms with Crippen molar-refractivity contribution in [2.24, 2.45) is 10.4 Å². The summed E-state index contributed by atoms with van der Waals surface area (Å²) in [7, 11) is 1.72. The second-order valence-corrected chi connectivity index (χ2v) is 5.71. The molecule has 0 spiro atoms. The summed E-state index contributed by atoms with van der Waals surface area (Å²) in [6.45, 7) is 9.06. The van der Waals surface area contributed by atoms with Crippen molar-refractivity contribution in [3.8, 4) is 0 Å². The van der Waals surface area contributed by atoms with Crippen LogP contribution in [-0.2, 0) is 4.74 Å². The maximum absolute atomic E-state index is 5.14. The van der Waals surface area contributed by atoms with E-state index in [0.29, 0.717) is 12.0 Å². The van der Waals surface area contributed by atoms with Gasteiger partial charge in [0.1, 0.15) is 0 Å². The Kier molecular flexibility index (Phi) is 6.47. The monoisotopic (exact) mass is 255 g/mol. The Morgan fingerprint density at radius 1 is 1.39 bits per heavy atom. The van der Waals surface area contributed by atoms with E-state index in [1.807, 2.05) is 0 Å². The Morgan fingerprint density at radius 3 is 2.61 bits per heavy atom. The third-order valence-electron chi connectivity index (χ3n) is 3.57. The molecular weight excluding hydrogens is 226 g/mol. The van der Waals surface area contributed by atoms with E-state index in [-0.39, 0.29) is 6.04 Å². The Morgan fingerprint density at radius 2 is 2.06 bits per heavy atom. The topological polar surface area (TPSA) is 45.7 Å². The summed E-state index contributed by atoms with van der Waals surface area (Å²) < 4.78 is 5.14. The van der Waals surface area contributed by atoms with Crippen LogP contribution in [0.2, 0.25) is 0 Å². The first-order valence-corrected chi connectivity index (χ1v) is 7.13. The number of rotatable bonds is 6. The lowest BCUT2D eigenvalue weighted by Crippen LogP contribution is -2.44. The molecule has 1 rings (SSSR count). The van der Waals surface area contributed by atoms with Crippen LogP contribution in [-0.4, -0.2) is 38.8 Å². The predicted octanol–water partition coefficient (Wildman–Crippen LogP) is 2.16. The lowest BCUT2D eigenvalue weighted by Gasteiger charge is -2.23. The normalized spacial score (nSPS) is 20.8. The maximum atomic E-state index is 5.14. The van der Waals surface area contributed by atoms with Crippen molar-refractivity contribution in [2.45, 2.75) is 52.5 Å². The average molecular weight is 255 g/mol. The van der Waals surface area contributed by atoms with Gasteiger partial charge in [-0.15, -0.1) is 0 Å². The summed E-state index contributed by atoms with van der Waals surface area (Å²) in [5, 5.41) is 6.67. The highest BCUT2D eigenvalue weighted by atomic mass is 16.5. The van der Waals surface area contributed by atoms with Crippen LogP contribution in [0.3, 0.4) is 0 Å². The third kappa shape index (κ3) is 5.25. The zero-order valence-electron chi connectivity index (χ0n) is 12.4. The fraction of sp³-hybridized carbons (Fsp3) is 0.929. The predicted molar refractivity (Wildman–Crippen MR) is 77.0 cm³/mol. The molecule has 4 nitrogen and oxygen atoms in total. The first kappa shape index (κ1) is 15.3. The summed E-state index contributed by atoms with van der Waals surface area (Å²) in [6.07, 6.45) is 5.33. The highest BCUT2D eigenvalue weighted by Crippen LogP contribution is 2.37. The van der Waals surface area contributed by atoms with Gasteiger partial charge in [0.15, 0.2) is 5.96 Å². The van der Waals surface area contributed by atoms with Crippen molar-refractivity contribution < 1.29 is 4.74 Å². The molecule has 106 valence electrons. The molecule has 0 aromatic heterocycles. The number of nitrogens with one attached hydrogen (secondary N) is 2. The van der Waals surface area contributed by atoms with E-state index >= 15 is 0 Å². The maximum Gasteiger partial charge on any atom is 0.191 e. The molecule has 1 aliphatic carbocycles. The van der Waals surface area contributed by atoms with Crippen LogP contribution in [0.4, 0.5) is 0 Å². The number of aliphatic imine (C=N–C) groups is 1. The van der Waals surface area contributed by atoms with Crippen LogP contribution in [0, 0.1) is 5.41 Å². The molecule has 0 aromatic rings. The van der Waals surface area contributed by atoms with Crippen LogP contribution >= 0.6 is 0 Å². The minimum atomic E-state index is 0.282. The van der Waals surface area contributed by atoms with Gasteiger partial charge in [0.25, 0.3) is 0 Å². The SMILES string of the molecule is CCNC(=NCC1(C)CCCC1)NC(C)COC. The zero-order chi connectivity index (χ0) is 13.4. The smallest absolute Gasteiger partial charge is 0.191 e. The number of hydrogen-bond donors (Lipinski definition) is 2. The summed E-state index contributed by atoms with van der Waals surface area (Å²) in [6, 6.07) is 0.282. The van der Waals surface area contributed by atoms with Crippen LogP contribution in [0.5, 0.6) is 0 Å². The van der Waals surface area contributed by atoms with Crippen molar-refractivity contribution in [1.82, 2.24) is 10.6 Å². The molecule has 18 heavy (non-hydrogen) atoms. The van der Waals surface area contributed by atoms with E-state index in [1.165, 1.54) is 25.7 Å². The van der Waals surface area contributed by atoms with Crippen LogP contribution in [0.15, 0.2) is 4.99 Å². The van der Waals surface area contributed by atoms with Crippen molar-refractivity contribution in [3.05, 3.63) is 0 Å². The average Bonchev–Trinajstić information content (AvgIpc) is 2.74. The Bertz CT molecular complexity index is 260. The van der Waals surface area contributed by atoms with Gasteiger partial charge in [0.05, 0.1) is 6.61 Å². The summed E-state index contributed by atoms with van der Waals surface area (Å²) in [4.78, 5) is 4.73. The van der Waals surface area contributed by atoms with Crippen LogP contribution in [0.25, 0.3) is 0 Å². The molecule has 1 atom stereocenters. The van der Waals surface area contributed by atoms with Gasteiger partial charge >= 0.3 is 0 Å². The van der Waals surface area contributed by atoms with Crippen LogP contribution < -0.4 is 10.6 Å². The number of ether oxygens (including phenoxy) is 1. The molecule has 2 N–H and O–H groups in total. The molecule has 0 radical (unpaired) electrons. The molecule has 1 aliphatic rings. The Labute approximate surface area is 112 Å². The summed E-state index contributed by atoms with van der Waals surface area (Å²) >= 11 is 0. The van der Waals surface area contributed by atoms with Gasteiger partial charge in [-0.3, -0.25) is 4.99 Å². The van der Waals surface area contributed by atoms with Gasteiger partial charge in [-0.1, -0.05) is 19.8 Å². The van der Waals surface area contributed by atoms with Gasteiger partial charge in [-0.2, -0.15) is 0 Å². The van der Waals surface area contributed by atoms with E-state index < -0.39 is 0 Å². The Balaban J connectivity index is 2.48. The van der Waals surface area contributed by atoms with Crippen molar-refractivity contribution >= 4 is 5.96 Å². The highest BCUT2D eigenvalue weighted by molar-refractivity contribution is 5.80. The lowest BCUT2D eigenvalue weighted by atomic mass is 9.89. The molecule has 0 heterocycles. The zero-order valence-corrected chi connectivity index (χ0v) is 12.4. The molecule has 0 aromatic carbocycles. The standard InChI is InChI=1S/C14H29N3O/c1-5-15-13(17-12(2)10-18-4)16-11-14(3)8-6-7-9-14/h12H,5-11H2,1-4H3,(H2,15,16,17). The number of nitrogens with zero attached hydrogens (tertiary/aromatic N) is 1. The fourth-order valence-electron chi connectivity index (χ4n) is 2.50. The van der Waals surface area contributed by atoms with E-state index in [9.17, 15) is 0 Å².